The van der Waals surface area contributed by atoms with E-state index in [-0.39, 0.29) is 24.3 Å². The van der Waals surface area contributed by atoms with Crippen LogP contribution in [-0.2, 0) is 9.59 Å². The third-order valence-corrected chi connectivity index (χ3v) is 5.17. The van der Waals surface area contributed by atoms with Gasteiger partial charge in [-0.3, -0.25) is 14.4 Å². The van der Waals surface area contributed by atoms with E-state index in [1.54, 1.807) is 53.4 Å². The highest BCUT2D eigenvalue weighted by atomic mass is 35.5. The zero-order valence-electron chi connectivity index (χ0n) is 14.5. The number of halogens is 1. The molecule has 4 rings (SSSR count). The first kappa shape index (κ1) is 17.5. The number of benzene rings is 2. The molecule has 0 unspecified atom stereocenters. The number of rotatable bonds is 3. The van der Waals surface area contributed by atoms with Gasteiger partial charge in [0.15, 0.2) is 0 Å². The fraction of sp³-hybridized carbons (Fsp3) is 0.250. The summed E-state index contributed by atoms with van der Waals surface area (Å²) >= 11 is 5.86. The van der Waals surface area contributed by atoms with Crippen molar-refractivity contribution in [2.45, 2.75) is 18.9 Å². The molecule has 7 heteroatoms. The lowest BCUT2D eigenvalue weighted by molar-refractivity contribution is -0.124. The lowest BCUT2D eigenvalue weighted by atomic mass is 10.1. The van der Waals surface area contributed by atoms with Crippen molar-refractivity contribution in [1.29, 1.82) is 0 Å². The SMILES string of the molecule is O=C(CN1C(=O)[C@H]2CCCN2C(=O)c2ccccc21)Nc1ccc(Cl)cc1. The van der Waals surface area contributed by atoms with E-state index >= 15 is 0 Å². The average molecular weight is 384 g/mol. The summed E-state index contributed by atoms with van der Waals surface area (Å²) < 4.78 is 0. The molecule has 0 aliphatic carbocycles. The molecule has 27 heavy (non-hydrogen) atoms. The summed E-state index contributed by atoms with van der Waals surface area (Å²) in [5.74, 6) is -0.696. The number of carbonyl (C=O) groups is 3. The summed E-state index contributed by atoms with van der Waals surface area (Å²) in [6, 6.07) is 13.2. The van der Waals surface area contributed by atoms with Crippen LogP contribution in [0.2, 0.25) is 5.02 Å². The van der Waals surface area contributed by atoms with Gasteiger partial charge in [0.2, 0.25) is 11.8 Å². The van der Waals surface area contributed by atoms with Crippen LogP contribution in [0, 0.1) is 0 Å². The van der Waals surface area contributed by atoms with Crippen LogP contribution in [0.5, 0.6) is 0 Å². The Balaban J connectivity index is 1.62. The van der Waals surface area contributed by atoms with Crippen LogP contribution in [0.15, 0.2) is 48.5 Å². The molecule has 2 aliphatic heterocycles. The van der Waals surface area contributed by atoms with Gasteiger partial charge in [0.05, 0.1) is 11.3 Å². The van der Waals surface area contributed by atoms with Crippen molar-refractivity contribution in [3.8, 4) is 0 Å². The molecule has 3 amide bonds. The zero-order valence-corrected chi connectivity index (χ0v) is 15.3. The molecule has 6 nitrogen and oxygen atoms in total. The number of amides is 3. The van der Waals surface area contributed by atoms with E-state index in [0.717, 1.165) is 6.42 Å². The second kappa shape index (κ2) is 7.04. The van der Waals surface area contributed by atoms with Gasteiger partial charge in [-0.2, -0.15) is 0 Å². The first-order chi connectivity index (χ1) is 13.0. The molecule has 2 aromatic carbocycles. The Morgan fingerprint density at radius 2 is 1.85 bits per heavy atom. The molecule has 1 atom stereocenters. The number of carbonyl (C=O) groups excluding carboxylic acids is 3. The van der Waals surface area contributed by atoms with Gasteiger partial charge in [0.1, 0.15) is 12.6 Å². The van der Waals surface area contributed by atoms with Gasteiger partial charge < -0.3 is 15.1 Å². The normalized spacial score (nSPS) is 18.8. The van der Waals surface area contributed by atoms with Crippen molar-refractivity contribution in [2.24, 2.45) is 0 Å². The van der Waals surface area contributed by atoms with E-state index in [0.29, 0.717) is 34.9 Å². The van der Waals surface area contributed by atoms with Crippen LogP contribution in [0.4, 0.5) is 11.4 Å². The van der Waals surface area contributed by atoms with E-state index in [2.05, 4.69) is 5.32 Å². The first-order valence-electron chi connectivity index (χ1n) is 8.81. The van der Waals surface area contributed by atoms with Gasteiger partial charge in [-0.15, -0.1) is 0 Å². The number of fused-ring (bicyclic) bond motifs is 2. The molecule has 138 valence electrons. The topological polar surface area (TPSA) is 69.7 Å². The molecule has 2 heterocycles. The maximum Gasteiger partial charge on any atom is 0.256 e. The Morgan fingerprint density at radius 1 is 1.11 bits per heavy atom. The van der Waals surface area contributed by atoms with E-state index in [1.165, 1.54) is 4.90 Å². The quantitative estimate of drug-likeness (QED) is 0.885. The van der Waals surface area contributed by atoms with Gasteiger partial charge >= 0.3 is 0 Å². The number of nitrogens with zero attached hydrogens (tertiary/aromatic N) is 2. The summed E-state index contributed by atoms with van der Waals surface area (Å²) in [6.45, 7) is 0.407. The van der Waals surface area contributed by atoms with E-state index in [1.807, 2.05) is 0 Å². The van der Waals surface area contributed by atoms with E-state index < -0.39 is 6.04 Å². The van der Waals surface area contributed by atoms with Crippen LogP contribution in [0.3, 0.4) is 0 Å². The maximum atomic E-state index is 13.1. The van der Waals surface area contributed by atoms with E-state index in [4.69, 9.17) is 11.6 Å². The van der Waals surface area contributed by atoms with Crippen molar-refractivity contribution in [3.63, 3.8) is 0 Å². The third kappa shape index (κ3) is 3.28. The molecule has 0 bridgehead atoms. The Bertz CT molecular complexity index is 913. The van der Waals surface area contributed by atoms with Crippen molar-refractivity contribution in [1.82, 2.24) is 4.90 Å². The molecule has 0 aromatic heterocycles. The number of nitrogens with one attached hydrogen (secondary N) is 1. The Morgan fingerprint density at radius 3 is 2.63 bits per heavy atom. The predicted molar refractivity (Wildman–Crippen MR) is 103 cm³/mol. The fourth-order valence-electron chi connectivity index (χ4n) is 3.65. The molecule has 0 radical (unpaired) electrons. The van der Waals surface area contributed by atoms with Gasteiger partial charge in [-0.05, 0) is 49.2 Å². The Hall–Kier alpha value is -2.86. The zero-order chi connectivity index (χ0) is 19.0. The number of para-hydroxylation sites is 1. The summed E-state index contributed by atoms with van der Waals surface area (Å²) in [4.78, 5) is 41.6. The summed E-state index contributed by atoms with van der Waals surface area (Å²) in [5, 5.41) is 3.34. The minimum absolute atomic E-state index is 0.151. The lowest BCUT2D eigenvalue weighted by Gasteiger charge is -2.25. The van der Waals surface area contributed by atoms with Crippen LogP contribution in [-0.4, -0.2) is 41.8 Å². The molecule has 0 spiro atoms. The number of anilines is 2. The van der Waals surface area contributed by atoms with Crippen molar-refractivity contribution >= 4 is 40.7 Å². The molecule has 1 N–H and O–H groups in total. The number of hydrogen-bond donors (Lipinski definition) is 1. The molecule has 2 aromatic rings. The van der Waals surface area contributed by atoms with Gasteiger partial charge in [-0.1, -0.05) is 23.7 Å². The molecular formula is C20H18ClN3O3. The van der Waals surface area contributed by atoms with Gasteiger partial charge in [0, 0.05) is 17.3 Å². The Labute approximate surface area is 161 Å². The fourth-order valence-corrected chi connectivity index (χ4v) is 3.78. The summed E-state index contributed by atoms with van der Waals surface area (Å²) in [5.41, 5.74) is 1.53. The largest absolute Gasteiger partial charge is 0.327 e. The average Bonchev–Trinajstić information content (AvgIpc) is 3.14. The highest BCUT2D eigenvalue weighted by molar-refractivity contribution is 6.30. The molecule has 1 saturated heterocycles. The predicted octanol–water partition coefficient (Wildman–Crippen LogP) is 2.93. The second-order valence-electron chi connectivity index (χ2n) is 6.65. The maximum absolute atomic E-state index is 13.1. The van der Waals surface area contributed by atoms with Crippen molar-refractivity contribution in [3.05, 3.63) is 59.1 Å². The smallest absolute Gasteiger partial charge is 0.256 e. The first-order valence-corrected chi connectivity index (χ1v) is 9.19. The van der Waals surface area contributed by atoms with Crippen LogP contribution < -0.4 is 10.2 Å². The van der Waals surface area contributed by atoms with Gasteiger partial charge in [-0.25, -0.2) is 0 Å². The standard InChI is InChI=1S/C20H18ClN3O3/c21-13-7-9-14(10-8-13)22-18(25)12-24-16-5-2-1-4-15(16)19(26)23-11-3-6-17(23)20(24)27/h1-2,4-5,7-10,17H,3,6,11-12H2,(H,22,25)/t17-/m1/s1. The van der Waals surface area contributed by atoms with Gasteiger partial charge in [0.25, 0.3) is 5.91 Å². The number of hydrogen-bond acceptors (Lipinski definition) is 3. The molecular weight excluding hydrogens is 366 g/mol. The lowest BCUT2D eigenvalue weighted by Crippen LogP contribution is -2.47. The van der Waals surface area contributed by atoms with Crippen LogP contribution in [0.25, 0.3) is 0 Å². The second-order valence-corrected chi connectivity index (χ2v) is 7.09. The minimum atomic E-state index is -0.506. The van der Waals surface area contributed by atoms with Crippen molar-refractivity contribution in [2.75, 3.05) is 23.3 Å². The molecule has 1 fully saturated rings. The van der Waals surface area contributed by atoms with Crippen molar-refractivity contribution < 1.29 is 14.4 Å². The summed E-state index contributed by atoms with van der Waals surface area (Å²) in [7, 11) is 0. The summed E-state index contributed by atoms with van der Waals surface area (Å²) in [6.07, 6.45) is 1.41. The minimum Gasteiger partial charge on any atom is -0.327 e. The van der Waals surface area contributed by atoms with Crippen LogP contribution in [0.1, 0.15) is 23.2 Å². The molecule has 0 saturated carbocycles. The highest BCUT2D eigenvalue weighted by Crippen LogP contribution is 2.32. The van der Waals surface area contributed by atoms with Crippen LogP contribution >= 0.6 is 11.6 Å². The Kier molecular flexibility index (Phi) is 4.58. The van der Waals surface area contributed by atoms with E-state index in [9.17, 15) is 14.4 Å². The molecule has 2 aliphatic rings. The highest BCUT2D eigenvalue weighted by Gasteiger charge is 2.42. The third-order valence-electron chi connectivity index (χ3n) is 4.92. The monoisotopic (exact) mass is 383 g/mol.